The molecule has 1 saturated heterocycles. The van der Waals surface area contributed by atoms with Crippen LogP contribution in [0.25, 0.3) is 0 Å². The standard InChI is InChI=1S/C22H25ClN2O3/c1-15-5-7-17(23)13-18(15)24-22(26)14-25-9-2-4-19(25)16-6-8-20-21(12-16)28-11-3-10-27-20/h5-8,12-13,19H,2-4,9-11,14H2,1H3,(H,24,26). The number of carbonyl (C=O) groups is 1. The topological polar surface area (TPSA) is 50.8 Å². The molecule has 1 fully saturated rings. The summed E-state index contributed by atoms with van der Waals surface area (Å²) in [6, 6.07) is 11.9. The van der Waals surface area contributed by atoms with Gasteiger partial charge in [-0.2, -0.15) is 0 Å². The van der Waals surface area contributed by atoms with Gasteiger partial charge in [0.25, 0.3) is 0 Å². The van der Waals surface area contributed by atoms with Crippen LogP contribution in [0, 0.1) is 6.92 Å². The highest BCUT2D eigenvalue weighted by molar-refractivity contribution is 6.31. The molecule has 2 aliphatic rings. The summed E-state index contributed by atoms with van der Waals surface area (Å²) in [7, 11) is 0. The molecule has 1 amide bonds. The maximum atomic E-state index is 12.6. The molecule has 1 N–H and O–H groups in total. The van der Waals surface area contributed by atoms with Crippen molar-refractivity contribution in [3.8, 4) is 11.5 Å². The molecule has 2 aromatic rings. The number of fused-ring (bicyclic) bond motifs is 1. The van der Waals surface area contributed by atoms with E-state index in [1.807, 2.05) is 25.1 Å². The zero-order valence-corrected chi connectivity index (χ0v) is 16.8. The van der Waals surface area contributed by atoms with Gasteiger partial charge in [0, 0.05) is 23.2 Å². The fourth-order valence-corrected chi connectivity index (χ4v) is 4.06. The molecule has 5 nitrogen and oxygen atoms in total. The summed E-state index contributed by atoms with van der Waals surface area (Å²) in [5, 5.41) is 3.62. The Balaban J connectivity index is 1.45. The van der Waals surface area contributed by atoms with E-state index in [-0.39, 0.29) is 11.9 Å². The normalized spacial score (nSPS) is 19.3. The summed E-state index contributed by atoms with van der Waals surface area (Å²) < 4.78 is 11.6. The average molecular weight is 401 g/mol. The van der Waals surface area contributed by atoms with Crippen molar-refractivity contribution in [3.63, 3.8) is 0 Å². The number of hydrogen-bond donors (Lipinski definition) is 1. The monoisotopic (exact) mass is 400 g/mol. The molecule has 0 aliphatic carbocycles. The van der Waals surface area contributed by atoms with Crippen molar-refractivity contribution in [1.82, 2.24) is 4.90 Å². The highest BCUT2D eigenvalue weighted by Gasteiger charge is 2.28. The molecule has 0 aromatic heterocycles. The van der Waals surface area contributed by atoms with Crippen molar-refractivity contribution >= 4 is 23.2 Å². The number of nitrogens with one attached hydrogen (secondary N) is 1. The lowest BCUT2D eigenvalue weighted by molar-refractivity contribution is -0.117. The first-order valence-corrected chi connectivity index (χ1v) is 10.2. The van der Waals surface area contributed by atoms with Crippen LogP contribution in [-0.4, -0.2) is 37.1 Å². The Kier molecular flexibility index (Phi) is 5.74. The van der Waals surface area contributed by atoms with Gasteiger partial charge in [0.15, 0.2) is 11.5 Å². The van der Waals surface area contributed by atoms with E-state index in [0.29, 0.717) is 24.8 Å². The van der Waals surface area contributed by atoms with Gasteiger partial charge in [-0.3, -0.25) is 9.69 Å². The first kappa shape index (κ1) is 19.1. The summed E-state index contributed by atoms with van der Waals surface area (Å²) in [6.07, 6.45) is 2.99. The van der Waals surface area contributed by atoms with E-state index in [1.165, 1.54) is 5.56 Å². The number of hydrogen-bond acceptors (Lipinski definition) is 4. The van der Waals surface area contributed by atoms with Crippen molar-refractivity contribution in [1.29, 1.82) is 0 Å². The van der Waals surface area contributed by atoms with Crippen molar-refractivity contribution < 1.29 is 14.3 Å². The van der Waals surface area contributed by atoms with Crippen LogP contribution in [0.5, 0.6) is 11.5 Å². The highest BCUT2D eigenvalue weighted by atomic mass is 35.5. The predicted molar refractivity (Wildman–Crippen MR) is 110 cm³/mol. The number of likely N-dealkylation sites (tertiary alicyclic amines) is 1. The smallest absolute Gasteiger partial charge is 0.238 e. The first-order valence-electron chi connectivity index (χ1n) is 9.80. The molecular formula is C22H25ClN2O3. The Hall–Kier alpha value is -2.24. The van der Waals surface area contributed by atoms with Gasteiger partial charge >= 0.3 is 0 Å². The SMILES string of the molecule is Cc1ccc(Cl)cc1NC(=O)CN1CCCC1c1ccc2c(c1)OCCCO2. The minimum atomic E-state index is -0.0217. The first-order chi connectivity index (χ1) is 13.6. The summed E-state index contributed by atoms with van der Waals surface area (Å²) in [5.74, 6) is 1.59. The lowest BCUT2D eigenvalue weighted by Gasteiger charge is -2.25. The molecule has 28 heavy (non-hydrogen) atoms. The number of amides is 1. The highest BCUT2D eigenvalue weighted by Crippen LogP contribution is 2.37. The summed E-state index contributed by atoms with van der Waals surface area (Å²) in [4.78, 5) is 14.9. The number of nitrogens with zero attached hydrogens (tertiary/aromatic N) is 1. The van der Waals surface area contributed by atoms with E-state index in [2.05, 4.69) is 22.3 Å². The van der Waals surface area contributed by atoms with Gasteiger partial charge in [-0.1, -0.05) is 23.7 Å². The zero-order valence-electron chi connectivity index (χ0n) is 16.0. The molecule has 0 spiro atoms. The zero-order chi connectivity index (χ0) is 19.5. The largest absolute Gasteiger partial charge is 0.490 e. The quantitative estimate of drug-likeness (QED) is 0.815. The van der Waals surface area contributed by atoms with Gasteiger partial charge in [0.05, 0.1) is 19.8 Å². The number of halogens is 1. The van der Waals surface area contributed by atoms with Crippen molar-refractivity contribution in [2.75, 3.05) is 31.6 Å². The van der Waals surface area contributed by atoms with Crippen LogP contribution in [0.15, 0.2) is 36.4 Å². The van der Waals surface area contributed by atoms with Gasteiger partial charge in [-0.05, 0) is 61.7 Å². The molecule has 6 heteroatoms. The second kappa shape index (κ2) is 8.41. The van der Waals surface area contributed by atoms with Crippen LogP contribution < -0.4 is 14.8 Å². The van der Waals surface area contributed by atoms with E-state index in [1.54, 1.807) is 6.07 Å². The summed E-state index contributed by atoms with van der Waals surface area (Å²) >= 11 is 6.06. The molecule has 1 unspecified atom stereocenters. The number of ether oxygens (including phenoxy) is 2. The maximum absolute atomic E-state index is 12.6. The number of anilines is 1. The average Bonchev–Trinajstić information content (AvgIpc) is 3.00. The third-order valence-electron chi connectivity index (χ3n) is 5.34. The molecule has 0 radical (unpaired) electrons. The second-order valence-electron chi connectivity index (χ2n) is 7.39. The number of benzene rings is 2. The summed E-state index contributed by atoms with van der Waals surface area (Å²) in [6.45, 7) is 4.58. The number of rotatable bonds is 4. The van der Waals surface area contributed by atoms with Crippen molar-refractivity contribution in [3.05, 3.63) is 52.5 Å². The van der Waals surface area contributed by atoms with Crippen LogP contribution in [0.2, 0.25) is 5.02 Å². The molecule has 0 bridgehead atoms. The fraction of sp³-hybridized carbons (Fsp3) is 0.409. The Morgan fingerprint density at radius 2 is 1.96 bits per heavy atom. The maximum Gasteiger partial charge on any atom is 0.238 e. The van der Waals surface area contributed by atoms with Crippen LogP contribution in [0.1, 0.15) is 36.4 Å². The van der Waals surface area contributed by atoms with Crippen LogP contribution >= 0.6 is 11.6 Å². The van der Waals surface area contributed by atoms with Gasteiger partial charge < -0.3 is 14.8 Å². The second-order valence-corrected chi connectivity index (χ2v) is 7.83. The Morgan fingerprint density at radius 3 is 2.82 bits per heavy atom. The molecule has 2 aliphatic heterocycles. The van der Waals surface area contributed by atoms with Crippen molar-refractivity contribution in [2.24, 2.45) is 0 Å². The lowest BCUT2D eigenvalue weighted by Crippen LogP contribution is -2.33. The van der Waals surface area contributed by atoms with Crippen LogP contribution in [0.4, 0.5) is 5.69 Å². The third kappa shape index (κ3) is 4.26. The van der Waals surface area contributed by atoms with Gasteiger partial charge in [0.2, 0.25) is 5.91 Å². The molecule has 0 saturated carbocycles. The minimum Gasteiger partial charge on any atom is -0.490 e. The molecule has 2 heterocycles. The molecule has 4 rings (SSSR count). The van der Waals surface area contributed by atoms with E-state index < -0.39 is 0 Å². The number of aryl methyl sites for hydroxylation is 1. The lowest BCUT2D eigenvalue weighted by atomic mass is 10.0. The molecular weight excluding hydrogens is 376 g/mol. The number of carbonyl (C=O) groups excluding carboxylic acids is 1. The predicted octanol–water partition coefficient (Wildman–Crippen LogP) is 4.59. The molecule has 148 valence electrons. The Morgan fingerprint density at radius 1 is 1.14 bits per heavy atom. The minimum absolute atomic E-state index is 0.0217. The Bertz CT molecular complexity index is 871. The summed E-state index contributed by atoms with van der Waals surface area (Å²) in [5.41, 5.74) is 2.94. The van der Waals surface area contributed by atoms with E-state index >= 15 is 0 Å². The molecule has 1 atom stereocenters. The Labute approximate surface area is 170 Å². The van der Waals surface area contributed by atoms with Crippen LogP contribution in [0.3, 0.4) is 0 Å². The van der Waals surface area contributed by atoms with Crippen LogP contribution in [-0.2, 0) is 4.79 Å². The van der Waals surface area contributed by atoms with E-state index in [9.17, 15) is 4.79 Å². The van der Waals surface area contributed by atoms with E-state index in [4.69, 9.17) is 21.1 Å². The van der Waals surface area contributed by atoms with Crippen molar-refractivity contribution in [2.45, 2.75) is 32.2 Å². The van der Waals surface area contributed by atoms with Gasteiger partial charge in [0.1, 0.15) is 0 Å². The van der Waals surface area contributed by atoms with Gasteiger partial charge in [-0.15, -0.1) is 0 Å². The fourth-order valence-electron chi connectivity index (χ4n) is 3.88. The van der Waals surface area contributed by atoms with E-state index in [0.717, 1.165) is 48.6 Å². The molecule has 2 aromatic carbocycles. The third-order valence-corrected chi connectivity index (χ3v) is 5.58. The van der Waals surface area contributed by atoms with Gasteiger partial charge in [-0.25, -0.2) is 0 Å².